The summed E-state index contributed by atoms with van der Waals surface area (Å²) < 4.78 is 5.36. The third-order valence-corrected chi connectivity index (χ3v) is 5.53. The Balaban J connectivity index is 2.76. The maximum atomic E-state index is 13.0. The summed E-state index contributed by atoms with van der Waals surface area (Å²) in [7, 11) is 0. The fourth-order valence-electron chi connectivity index (χ4n) is 3.39. The largest absolute Gasteiger partial charge is 0.463 e. The van der Waals surface area contributed by atoms with Crippen molar-refractivity contribution >= 4 is 17.8 Å². The van der Waals surface area contributed by atoms with Crippen LogP contribution in [0.4, 0.5) is 0 Å². The van der Waals surface area contributed by atoms with Crippen molar-refractivity contribution in [2.24, 2.45) is 11.8 Å². The number of nitrogens with one attached hydrogen (secondary N) is 1. The average molecular weight is 473 g/mol. The minimum Gasteiger partial charge on any atom is -0.463 e. The molecular formula is C27H40N2O5. The number of carbonyl (C=O) groups excluding carboxylic acids is 3. The molecule has 0 saturated carbocycles. The van der Waals surface area contributed by atoms with Crippen LogP contribution in [0.25, 0.3) is 0 Å². The zero-order valence-corrected chi connectivity index (χ0v) is 20.6. The lowest BCUT2D eigenvalue weighted by molar-refractivity contribution is -0.145. The number of ether oxygens (including phenoxy) is 1. The van der Waals surface area contributed by atoms with Crippen LogP contribution in [0, 0.1) is 11.8 Å². The molecule has 1 aromatic carbocycles. The van der Waals surface area contributed by atoms with Crippen molar-refractivity contribution in [2.75, 3.05) is 19.8 Å². The summed E-state index contributed by atoms with van der Waals surface area (Å²) in [5, 5.41) is 12.4. The lowest BCUT2D eigenvalue weighted by Crippen LogP contribution is -2.46. The molecule has 2 amide bonds. The van der Waals surface area contributed by atoms with Crippen molar-refractivity contribution in [3.8, 4) is 0 Å². The minimum atomic E-state index is -0.605. The molecule has 7 nitrogen and oxygen atoms in total. The zero-order valence-electron chi connectivity index (χ0n) is 20.6. The molecule has 2 unspecified atom stereocenters. The van der Waals surface area contributed by atoms with E-state index in [0.717, 1.165) is 12.0 Å². The molecule has 0 aliphatic heterocycles. The third-order valence-electron chi connectivity index (χ3n) is 5.53. The number of unbranched alkanes of at least 4 members (excludes halogenated alkanes) is 1. The van der Waals surface area contributed by atoms with Gasteiger partial charge in [0.05, 0.1) is 18.6 Å². The highest BCUT2D eigenvalue weighted by Gasteiger charge is 2.27. The molecule has 7 heteroatoms. The molecule has 0 aliphatic carbocycles. The molecule has 0 aromatic heterocycles. The van der Waals surface area contributed by atoms with Crippen LogP contribution in [0.2, 0.25) is 0 Å². The van der Waals surface area contributed by atoms with Crippen LogP contribution < -0.4 is 5.32 Å². The fraction of sp³-hybridized carbons (Fsp3) is 0.519. The first-order valence-electron chi connectivity index (χ1n) is 11.9. The molecule has 34 heavy (non-hydrogen) atoms. The Morgan fingerprint density at radius 1 is 1.15 bits per heavy atom. The van der Waals surface area contributed by atoms with Gasteiger partial charge in [-0.1, -0.05) is 56.3 Å². The molecule has 188 valence electrons. The summed E-state index contributed by atoms with van der Waals surface area (Å²) in [5.41, 5.74) is 0.948. The number of carbonyl (C=O) groups is 3. The number of amides is 2. The van der Waals surface area contributed by atoms with E-state index in [0.29, 0.717) is 25.8 Å². The van der Waals surface area contributed by atoms with E-state index in [1.807, 2.05) is 44.2 Å². The third kappa shape index (κ3) is 11.3. The summed E-state index contributed by atoms with van der Waals surface area (Å²) in [4.78, 5) is 39.6. The Morgan fingerprint density at radius 2 is 1.85 bits per heavy atom. The highest BCUT2D eigenvalue weighted by molar-refractivity contribution is 5.86. The number of hydrogen-bond acceptors (Lipinski definition) is 5. The lowest BCUT2D eigenvalue weighted by atomic mass is 9.97. The van der Waals surface area contributed by atoms with E-state index in [9.17, 15) is 19.5 Å². The summed E-state index contributed by atoms with van der Waals surface area (Å²) in [5.74, 6) is -1.37. The molecule has 0 bridgehead atoms. The predicted molar refractivity (Wildman–Crippen MR) is 134 cm³/mol. The van der Waals surface area contributed by atoms with Gasteiger partial charge in [0, 0.05) is 25.9 Å². The molecular weight excluding hydrogens is 432 g/mol. The second kappa shape index (κ2) is 16.6. The Morgan fingerprint density at radius 3 is 2.44 bits per heavy atom. The molecule has 0 saturated heterocycles. The van der Waals surface area contributed by atoms with E-state index in [4.69, 9.17) is 4.74 Å². The van der Waals surface area contributed by atoms with E-state index in [1.54, 1.807) is 17.1 Å². The molecule has 0 fully saturated rings. The molecule has 2 atom stereocenters. The average Bonchev–Trinajstić information content (AvgIpc) is 2.81. The topological polar surface area (TPSA) is 95.9 Å². The summed E-state index contributed by atoms with van der Waals surface area (Å²) in [6.07, 6.45) is 5.44. The van der Waals surface area contributed by atoms with Gasteiger partial charge in [0.1, 0.15) is 6.61 Å². The van der Waals surface area contributed by atoms with Crippen molar-refractivity contribution in [2.45, 2.75) is 58.5 Å². The van der Waals surface area contributed by atoms with Gasteiger partial charge in [0.2, 0.25) is 11.8 Å². The molecule has 1 aromatic rings. The first-order valence-corrected chi connectivity index (χ1v) is 11.9. The normalized spacial score (nSPS) is 12.5. The molecule has 2 N–H and O–H groups in total. The van der Waals surface area contributed by atoms with E-state index in [-0.39, 0.29) is 55.9 Å². The predicted octanol–water partition coefficient (Wildman–Crippen LogP) is 3.63. The van der Waals surface area contributed by atoms with Gasteiger partial charge in [0.25, 0.3) is 0 Å². The second-order valence-corrected chi connectivity index (χ2v) is 8.67. The summed E-state index contributed by atoms with van der Waals surface area (Å²) >= 11 is 0. The van der Waals surface area contributed by atoms with Crippen LogP contribution in [0.1, 0.15) is 51.5 Å². The van der Waals surface area contributed by atoms with Gasteiger partial charge in [-0.25, -0.2) is 0 Å². The molecule has 1 rings (SSSR count). The van der Waals surface area contributed by atoms with Crippen molar-refractivity contribution in [1.82, 2.24) is 10.2 Å². The number of nitrogens with zero attached hydrogens (tertiary/aromatic N) is 1. The Hall–Kier alpha value is -2.93. The number of aliphatic hydroxyl groups excluding tert-OH is 1. The fourth-order valence-corrected chi connectivity index (χ4v) is 3.39. The summed E-state index contributed by atoms with van der Waals surface area (Å²) in [6.45, 7) is 11.7. The molecule has 0 aliphatic rings. The van der Waals surface area contributed by atoms with E-state index < -0.39 is 5.92 Å². The lowest BCUT2D eigenvalue weighted by Gasteiger charge is -2.27. The van der Waals surface area contributed by atoms with Crippen LogP contribution >= 0.6 is 0 Å². The van der Waals surface area contributed by atoms with Crippen molar-refractivity contribution in [3.63, 3.8) is 0 Å². The van der Waals surface area contributed by atoms with E-state index in [1.165, 1.54) is 0 Å². The number of allylic oxidation sites excluding steroid dienone is 2. The quantitative estimate of drug-likeness (QED) is 0.205. The van der Waals surface area contributed by atoms with Crippen molar-refractivity contribution in [1.29, 1.82) is 0 Å². The van der Waals surface area contributed by atoms with Crippen molar-refractivity contribution < 1.29 is 24.2 Å². The number of benzene rings is 1. The van der Waals surface area contributed by atoms with Gasteiger partial charge in [-0.2, -0.15) is 0 Å². The van der Waals surface area contributed by atoms with Gasteiger partial charge in [-0.15, -0.1) is 13.2 Å². The Bertz CT molecular complexity index is 778. The summed E-state index contributed by atoms with van der Waals surface area (Å²) in [6, 6.07) is 9.15. The van der Waals surface area contributed by atoms with Crippen LogP contribution in [0.5, 0.6) is 0 Å². The first-order chi connectivity index (χ1) is 16.3. The maximum Gasteiger partial charge on any atom is 0.305 e. The number of rotatable bonds is 17. The number of aliphatic hydroxyl groups is 1. The van der Waals surface area contributed by atoms with E-state index in [2.05, 4.69) is 18.5 Å². The Labute approximate surface area is 203 Å². The van der Waals surface area contributed by atoms with Crippen LogP contribution in [-0.2, 0) is 25.7 Å². The van der Waals surface area contributed by atoms with Gasteiger partial charge in [-0.05, 0) is 30.7 Å². The van der Waals surface area contributed by atoms with Crippen LogP contribution in [0.15, 0.2) is 55.6 Å². The Kier molecular flexibility index (Phi) is 14.2. The van der Waals surface area contributed by atoms with Gasteiger partial charge < -0.3 is 20.1 Å². The van der Waals surface area contributed by atoms with Crippen molar-refractivity contribution in [3.05, 3.63) is 61.2 Å². The van der Waals surface area contributed by atoms with Crippen LogP contribution in [-0.4, -0.2) is 53.6 Å². The SMILES string of the molecule is C=CCCCC(=O)OCC(NC(=O)C(CC=C)CC(=O)N(CCO)Cc1ccccc1)C(C)C. The highest BCUT2D eigenvalue weighted by atomic mass is 16.5. The number of hydrogen-bond donors (Lipinski definition) is 2. The van der Waals surface area contributed by atoms with Gasteiger partial charge >= 0.3 is 5.97 Å². The molecule has 0 spiro atoms. The number of esters is 1. The van der Waals surface area contributed by atoms with Crippen LogP contribution in [0.3, 0.4) is 0 Å². The monoisotopic (exact) mass is 472 g/mol. The minimum absolute atomic E-state index is 0.00313. The molecule has 0 radical (unpaired) electrons. The smallest absolute Gasteiger partial charge is 0.305 e. The zero-order chi connectivity index (χ0) is 25.3. The first kappa shape index (κ1) is 29.1. The standard InChI is InChI=1S/C27H40N2O5/c1-5-7-9-15-26(32)34-20-24(21(3)4)28-27(33)23(12-6-2)18-25(31)29(16-17-30)19-22-13-10-8-11-14-22/h5-6,8,10-11,13-14,21,23-24,30H,1-2,7,9,12,15-20H2,3-4H3,(H,28,33). The second-order valence-electron chi connectivity index (χ2n) is 8.67. The molecule has 0 heterocycles. The highest BCUT2D eigenvalue weighted by Crippen LogP contribution is 2.16. The maximum absolute atomic E-state index is 13.0. The van der Waals surface area contributed by atoms with E-state index >= 15 is 0 Å². The van der Waals surface area contributed by atoms with Gasteiger partial charge in [-0.3, -0.25) is 14.4 Å². The van der Waals surface area contributed by atoms with Gasteiger partial charge in [0.15, 0.2) is 0 Å².